The SMILES string of the molecule is COC(=O)c1cc2c(cc1NC(=O)c1cc3c(s1)-c1cc(Cl)ccc1SC3)sc1cc(NC(=O)c3cc4c(s3)-c3cc(Cl)ccc3SC4)c(C(=O)OC)cc12. The van der Waals surface area contributed by atoms with Crippen molar-refractivity contribution >= 4 is 136 Å². The number of benzene rings is 4. The van der Waals surface area contributed by atoms with Gasteiger partial charge in [0, 0.05) is 72.4 Å². The number of ether oxygens (including phenoxy) is 2. The molecule has 0 radical (unpaired) electrons. The molecular weight excluding hydrogens is 836 g/mol. The molecule has 0 saturated carbocycles. The highest BCUT2D eigenvalue weighted by molar-refractivity contribution is 7.99. The monoisotopic (exact) mass is 858 g/mol. The Morgan fingerprint density at radius 2 is 1.02 bits per heavy atom. The van der Waals surface area contributed by atoms with E-state index in [2.05, 4.69) is 10.6 Å². The number of hydrogen-bond donors (Lipinski definition) is 2. The molecule has 0 aliphatic carbocycles. The van der Waals surface area contributed by atoms with Crippen molar-refractivity contribution in [2.45, 2.75) is 21.3 Å². The Morgan fingerprint density at radius 3 is 1.44 bits per heavy atom. The molecule has 0 saturated heterocycles. The molecule has 4 aromatic carbocycles. The minimum absolute atomic E-state index is 0.150. The van der Waals surface area contributed by atoms with E-state index in [9.17, 15) is 19.2 Å². The Hall–Kier alpha value is -4.34. The number of rotatable bonds is 6. The summed E-state index contributed by atoms with van der Waals surface area (Å²) in [6.07, 6.45) is 0. The van der Waals surface area contributed by atoms with E-state index in [0.717, 1.165) is 62.7 Å². The van der Waals surface area contributed by atoms with Gasteiger partial charge in [-0.25, -0.2) is 9.59 Å². The van der Waals surface area contributed by atoms with E-state index in [1.807, 2.05) is 48.5 Å². The summed E-state index contributed by atoms with van der Waals surface area (Å²) in [6, 6.07) is 22.1. The van der Waals surface area contributed by atoms with Gasteiger partial charge in [0.2, 0.25) is 0 Å². The maximum absolute atomic E-state index is 13.8. The number of thioether (sulfide) groups is 2. The van der Waals surface area contributed by atoms with Crippen LogP contribution in [0.1, 0.15) is 51.2 Å². The number of thiophene rings is 3. The van der Waals surface area contributed by atoms with Crippen LogP contribution in [0, 0.1) is 0 Å². The zero-order valence-corrected chi connectivity index (χ0v) is 34.2. The Balaban J connectivity index is 1.06. The highest BCUT2D eigenvalue weighted by atomic mass is 35.5. The maximum Gasteiger partial charge on any atom is 0.339 e. The van der Waals surface area contributed by atoms with Gasteiger partial charge < -0.3 is 20.1 Å². The van der Waals surface area contributed by atoms with E-state index in [4.69, 9.17) is 32.7 Å². The van der Waals surface area contributed by atoms with Gasteiger partial charge in [0.25, 0.3) is 11.8 Å². The Bertz CT molecular complexity index is 2640. The molecule has 9 rings (SSSR count). The summed E-state index contributed by atoms with van der Waals surface area (Å²) >= 11 is 20.1. The van der Waals surface area contributed by atoms with Crippen LogP contribution in [0.2, 0.25) is 10.0 Å². The number of halogens is 2. The summed E-state index contributed by atoms with van der Waals surface area (Å²) in [7, 11) is 2.55. The summed E-state index contributed by atoms with van der Waals surface area (Å²) in [5.41, 5.74) is 4.94. The highest BCUT2D eigenvalue weighted by Gasteiger charge is 2.27. The molecule has 0 bridgehead atoms. The zero-order chi connectivity index (χ0) is 38.1. The minimum Gasteiger partial charge on any atom is -0.465 e. The van der Waals surface area contributed by atoms with Crippen molar-refractivity contribution in [1.29, 1.82) is 0 Å². The lowest BCUT2D eigenvalue weighted by Gasteiger charge is -2.15. The van der Waals surface area contributed by atoms with Crippen molar-refractivity contribution in [2.24, 2.45) is 0 Å². The first kappa shape index (κ1) is 36.3. The third-order valence-corrected chi connectivity index (χ3v) is 15.5. The Labute approximate surface area is 344 Å². The van der Waals surface area contributed by atoms with Crippen LogP contribution in [0.25, 0.3) is 41.1 Å². The molecule has 2 aliphatic rings. The molecule has 5 heterocycles. The van der Waals surface area contributed by atoms with Crippen molar-refractivity contribution in [3.8, 4) is 20.9 Å². The molecule has 0 spiro atoms. The number of carbonyl (C=O) groups is 4. The third kappa shape index (κ3) is 6.51. The molecule has 55 heavy (non-hydrogen) atoms. The van der Waals surface area contributed by atoms with Crippen LogP contribution < -0.4 is 10.6 Å². The van der Waals surface area contributed by atoms with Crippen LogP contribution in [0.3, 0.4) is 0 Å². The van der Waals surface area contributed by atoms with Crippen molar-refractivity contribution < 1.29 is 28.7 Å². The molecule has 8 nitrogen and oxygen atoms in total. The largest absolute Gasteiger partial charge is 0.465 e. The van der Waals surface area contributed by atoms with Crippen LogP contribution in [-0.2, 0) is 21.0 Å². The van der Waals surface area contributed by atoms with Gasteiger partial charge in [-0.15, -0.1) is 57.5 Å². The first-order chi connectivity index (χ1) is 26.6. The van der Waals surface area contributed by atoms with Gasteiger partial charge >= 0.3 is 11.9 Å². The fraction of sp³-hybridized carbons (Fsp3) is 0.100. The predicted octanol–water partition coefficient (Wildman–Crippen LogP) is 12.1. The third-order valence-electron chi connectivity index (χ3n) is 9.26. The number of fused-ring (bicyclic) bond motifs is 9. The molecule has 3 aromatic heterocycles. The van der Waals surface area contributed by atoms with E-state index < -0.39 is 11.9 Å². The van der Waals surface area contributed by atoms with Gasteiger partial charge in [-0.1, -0.05) is 23.2 Å². The Morgan fingerprint density at radius 1 is 0.582 bits per heavy atom. The lowest BCUT2D eigenvalue weighted by atomic mass is 10.0. The van der Waals surface area contributed by atoms with Gasteiger partial charge in [-0.2, -0.15) is 0 Å². The van der Waals surface area contributed by atoms with E-state index in [1.54, 1.807) is 47.8 Å². The lowest BCUT2D eigenvalue weighted by Crippen LogP contribution is -2.14. The van der Waals surface area contributed by atoms with Crippen LogP contribution in [0.15, 0.2) is 82.6 Å². The summed E-state index contributed by atoms with van der Waals surface area (Å²) in [5.74, 6) is -0.553. The maximum atomic E-state index is 13.8. The Kier molecular flexibility index (Phi) is 9.44. The highest BCUT2D eigenvalue weighted by Crippen LogP contribution is 2.48. The van der Waals surface area contributed by atoms with Crippen molar-refractivity contribution in [1.82, 2.24) is 0 Å². The van der Waals surface area contributed by atoms with Gasteiger partial charge in [0.1, 0.15) is 0 Å². The fourth-order valence-corrected chi connectivity index (χ4v) is 12.7. The second-order valence-corrected chi connectivity index (χ2v) is 18.7. The van der Waals surface area contributed by atoms with Gasteiger partial charge in [-0.05, 0) is 83.9 Å². The van der Waals surface area contributed by atoms with E-state index >= 15 is 0 Å². The number of hydrogen-bond acceptors (Lipinski definition) is 11. The number of methoxy groups -OCH3 is 2. The normalized spacial score (nSPS) is 12.7. The standard InChI is InChI=1S/C40H24Cl2N2O6S5/c1-49-39(47)23-11-21-22-12-24(40(48)50-2)28(44-38(46)34-8-18-16-52-30-6-4-20(42)10-26(30)36(18)55-34)14-32(22)53-31(21)13-27(23)43-37(45)33-7-17-15-51-29-5-3-19(41)9-25(29)35(17)54-33/h3-14H,15-16H2,1-2H3,(H,43,45)(H,44,46). The summed E-state index contributed by atoms with van der Waals surface area (Å²) in [5, 5.41) is 8.48. The lowest BCUT2D eigenvalue weighted by molar-refractivity contribution is 0.0593. The topological polar surface area (TPSA) is 111 Å². The van der Waals surface area contributed by atoms with Crippen molar-refractivity contribution in [3.05, 3.63) is 115 Å². The van der Waals surface area contributed by atoms with Crippen LogP contribution in [0.5, 0.6) is 0 Å². The number of esters is 2. The quantitative estimate of drug-likeness (QED) is 0.159. The average molecular weight is 860 g/mol. The van der Waals surface area contributed by atoms with E-state index in [1.165, 1.54) is 48.2 Å². The minimum atomic E-state index is -0.638. The van der Waals surface area contributed by atoms with Gasteiger partial charge in [0.05, 0.1) is 46.5 Å². The van der Waals surface area contributed by atoms with Gasteiger partial charge in [0.15, 0.2) is 0 Å². The zero-order valence-electron chi connectivity index (χ0n) is 28.6. The number of amides is 2. The molecule has 0 fully saturated rings. The average Bonchev–Trinajstić information content (AvgIpc) is 3.92. The number of nitrogens with one attached hydrogen (secondary N) is 2. The molecule has 2 amide bonds. The van der Waals surface area contributed by atoms with Crippen molar-refractivity contribution in [3.63, 3.8) is 0 Å². The molecular formula is C40H24Cl2N2O6S5. The second kappa shape index (κ2) is 14.3. The van der Waals surface area contributed by atoms with E-state index in [-0.39, 0.29) is 34.3 Å². The molecule has 0 unspecified atom stereocenters. The number of anilines is 2. The molecule has 15 heteroatoms. The fourth-order valence-electron chi connectivity index (χ4n) is 6.67. The van der Waals surface area contributed by atoms with E-state index in [0.29, 0.717) is 30.6 Å². The predicted molar refractivity (Wildman–Crippen MR) is 227 cm³/mol. The summed E-state index contributed by atoms with van der Waals surface area (Å²) < 4.78 is 11.7. The number of carbonyl (C=O) groups excluding carboxylic acids is 4. The first-order valence-corrected chi connectivity index (χ1v) is 21.7. The molecule has 2 aliphatic heterocycles. The molecule has 274 valence electrons. The molecule has 2 N–H and O–H groups in total. The molecule has 7 aromatic rings. The summed E-state index contributed by atoms with van der Waals surface area (Å²) in [4.78, 5) is 59.0. The molecule has 0 atom stereocenters. The second-order valence-electron chi connectivity index (χ2n) is 12.6. The van der Waals surface area contributed by atoms with Crippen LogP contribution in [0.4, 0.5) is 11.4 Å². The first-order valence-electron chi connectivity index (χ1n) is 16.5. The van der Waals surface area contributed by atoms with Crippen molar-refractivity contribution in [2.75, 3.05) is 24.9 Å². The van der Waals surface area contributed by atoms with Crippen LogP contribution in [-0.4, -0.2) is 38.0 Å². The smallest absolute Gasteiger partial charge is 0.339 e. The van der Waals surface area contributed by atoms with Gasteiger partial charge in [-0.3, -0.25) is 9.59 Å². The van der Waals surface area contributed by atoms with Crippen LogP contribution >= 0.6 is 80.7 Å². The summed E-state index contributed by atoms with van der Waals surface area (Å²) in [6.45, 7) is 0.